The molecular formula is C23H25NO6S2. The number of fused-ring (bicyclic) bond motifs is 5. The van der Waals surface area contributed by atoms with Gasteiger partial charge < -0.3 is 18.8 Å². The molecule has 0 aliphatic rings. The highest BCUT2D eigenvalue weighted by molar-refractivity contribution is 7.98. The van der Waals surface area contributed by atoms with Gasteiger partial charge in [-0.05, 0) is 42.0 Å². The fourth-order valence-corrected chi connectivity index (χ4v) is 4.33. The number of ether oxygens (including phenoxy) is 3. The quantitative estimate of drug-likeness (QED) is 0.192. The van der Waals surface area contributed by atoms with Crippen LogP contribution in [0.1, 0.15) is 0 Å². The van der Waals surface area contributed by atoms with Gasteiger partial charge in [0.15, 0.2) is 17.7 Å². The molecule has 0 fully saturated rings. The smallest absolute Gasteiger partial charge is 0.220 e. The van der Waals surface area contributed by atoms with Gasteiger partial charge in [-0.2, -0.15) is 4.57 Å². The summed E-state index contributed by atoms with van der Waals surface area (Å²) in [5.41, 5.74) is 1.15. The number of hydrogen-bond acceptors (Lipinski definition) is 7. The van der Waals surface area contributed by atoms with Crippen LogP contribution in [0, 0.1) is 0 Å². The van der Waals surface area contributed by atoms with Gasteiger partial charge in [-0.15, -0.1) is 11.8 Å². The molecule has 170 valence electrons. The van der Waals surface area contributed by atoms with E-state index in [2.05, 4.69) is 54.4 Å². The summed E-state index contributed by atoms with van der Waals surface area (Å²) in [5.74, 6) is 2.37. The number of rotatable bonds is 4. The number of benzene rings is 3. The molecule has 32 heavy (non-hydrogen) atoms. The van der Waals surface area contributed by atoms with Crippen molar-refractivity contribution in [3.05, 3.63) is 42.6 Å². The van der Waals surface area contributed by atoms with E-state index in [4.69, 9.17) is 27.2 Å². The van der Waals surface area contributed by atoms with Gasteiger partial charge in [-0.3, -0.25) is 0 Å². The maximum Gasteiger partial charge on any atom is 0.220 e. The van der Waals surface area contributed by atoms with Gasteiger partial charge in [-0.25, -0.2) is 8.42 Å². The lowest BCUT2D eigenvalue weighted by atomic mass is 10.0. The average molecular weight is 476 g/mol. The summed E-state index contributed by atoms with van der Waals surface area (Å²) in [4.78, 5) is 1.14. The number of aromatic nitrogens is 1. The van der Waals surface area contributed by atoms with Crippen LogP contribution in [0.4, 0.5) is 0 Å². The first kappa shape index (κ1) is 23.9. The molecule has 1 heterocycles. The third-order valence-electron chi connectivity index (χ3n) is 5.03. The molecule has 0 atom stereocenters. The van der Waals surface area contributed by atoms with Crippen molar-refractivity contribution in [2.45, 2.75) is 4.90 Å². The normalized spacial score (nSPS) is 11.3. The first-order chi connectivity index (χ1) is 15.1. The highest BCUT2D eigenvalue weighted by atomic mass is 32.2. The molecule has 0 radical (unpaired) electrons. The molecule has 0 aliphatic carbocycles. The lowest BCUT2D eigenvalue weighted by molar-refractivity contribution is -0.642. The Labute approximate surface area is 191 Å². The lowest BCUT2D eigenvalue weighted by Crippen LogP contribution is -2.28. The maximum atomic E-state index is 9.08. The van der Waals surface area contributed by atoms with E-state index >= 15 is 0 Å². The lowest BCUT2D eigenvalue weighted by Gasteiger charge is -2.12. The van der Waals surface area contributed by atoms with Crippen LogP contribution in [0.2, 0.25) is 0 Å². The van der Waals surface area contributed by atoms with Crippen LogP contribution in [0.5, 0.6) is 17.2 Å². The minimum absolute atomic E-state index is 0.604. The molecule has 0 spiro atoms. The maximum absolute atomic E-state index is 9.08. The summed E-state index contributed by atoms with van der Waals surface area (Å²) >= 11 is 1.69. The summed E-state index contributed by atoms with van der Waals surface area (Å²) in [6.07, 6.45) is 4.85. The second-order valence-corrected chi connectivity index (χ2v) is 9.38. The van der Waals surface area contributed by atoms with E-state index in [0.29, 0.717) is 6.26 Å². The van der Waals surface area contributed by atoms with Gasteiger partial charge in [0.2, 0.25) is 5.52 Å². The van der Waals surface area contributed by atoms with Crippen molar-refractivity contribution in [3.63, 3.8) is 0 Å². The Morgan fingerprint density at radius 2 is 1.41 bits per heavy atom. The average Bonchev–Trinajstić information content (AvgIpc) is 2.75. The molecular weight excluding hydrogens is 450 g/mol. The molecule has 0 saturated carbocycles. The minimum Gasteiger partial charge on any atom is -0.748 e. The Balaban J connectivity index is 0.000000523. The number of hydrogen-bond donors (Lipinski definition) is 0. The van der Waals surface area contributed by atoms with Crippen LogP contribution in [0.15, 0.2) is 47.5 Å². The van der Waals surface area contributed by atoms with Crippen molar-refractivity contribution in [1.82, 2.24) is 0 Å². The van der Waals surface area contributed by atoms with Crippen molar-refractivity contribution in [3.8, 4) is 17.2 Å². The monoisotopic (exact) mass is 475 g/mol. The Bertz CT molecular complexity index is 1410. The number of thioether (sulfide) groups is 1. The molecule has 0 aliphatic heterocycles. The molecule has 0 N–H and O–H groups in total. The van der Waals surface area contributed by atoms with Gasteiger partial charge in [0.25, 0.3) is 0 Å². The van der Waals surface area contributed by atoms with Crippen molar-refractivity contribution in [2.24, 2.45) is 7.05 Å². The van der Waals surface area contributed by atoms with Crippen LogP contribution in [-0.4, -0.2) is 46.8 Å². The predicted octanol–water partition coefficient (Wildman–Crippen LogP) is 3.88. The second-order valence-electron chi connectivity index (χ2n) is 7.13. The summed E-state index contributed by atoms with van der Waals surface area (Å²) in [7, 11) is 3.21. The Morgan fingerprint density at radius 1 is 0.844 bits per heavy atom. The van der Waals surface area contributed by atoms with Crippen molar-refractivity contribution in [2.75, 3.05) is 33.8 Å². The molecule has 0 bridgehead atoms. The Hall–Kier alpha value is -2.75. The third-order valence-corrected chi connectivity index (χ3v) is 5.79. The van der Waals surface area contributed by atoms with E-state index in [1.165, 1.54) is 16.2 Å². The molecule has 0 amide bonds. The van der Waals surface area contributed by atoms with Gasteiger partial charge >= 0.3 is 0 Å². The predicted molar refractivity (Wildman–Crippen MR) is 127 cm³/mol. The van der Waals surface area contributed by atoms with E-state index in [-0.39, 0.29) is 0 Å². The van der Waals surface area contributed by atoms with Crippen molar-refractivity contribution < 1.29 is 31.7 Å². The summed E-state index contributed by atoms with van der Waals surface area (Å²) < 4.78 is 46.0. The third kappa shape index (κ3) is 4.85. The van der Waals surface area contributed by atoms with Gasteiger partial charge in [0, 0.05) is 21.9 Å². The second kappa shape index (κ2) is 9.40. The molecule has 0 saturated heterocycles. The van der Waals surface area contributed by atoms with Crippen LogP contribution in [0.3, 0.4) is 0 Å². The van der Waals surface area contributed by atoms with E-state index < -0.39 is 10.1 Å². The highest BCUT2D eigenvalue weighted by Crippen LogP contribution is 2.38. The van der Waals surface area contributed by atoms with Crippen LogP contribution in [-0.2, 0) is 17.2 Å². The number of methoxy groups -OCH3 is 3. The molecule has 1 aromatic heterocycles. The molecule has 7 nitrogen and oxygen atoms in total. The zero-order valence-corrected chi connectivity index (χ0v) is 20.4. The van der Waals surface area contributed by atoms with Crippen molar-refractivity contribution in [1.29, 1.82) is 0 Å². The van der Waals surface area contributed by atoms with E-state index in [1.807, 2.05) is 6.07 Å². The molecule has 3 aromatic carbocycles. The molecule has 4 rings (SSSR count). The number of pyridine rings is 1. The zero-order valence-electron chi connectivity index (χ0n) is 18.8. The first-order valence-electron chi connectivity index (χ1n) is 9.55. The van der Waals surface area contributed by atoms with Gasteiger partial charge in [0.05, 0.1) is 42.2 Å². The molecule has 9 heteroatoms. The zero-order chi connectivity index (χ0) is 23.6. The fourth-order valence-electron chi connectivity index (χ4n) is 3.74. The molecule has 0 unspecified atom stereocenters. The van der Waals surface area contributed by atoms with E-state index in [1.54, 1.807) is 33.1 Å². The Kier molecular flexibility index (Phi) is 7.02. The van der Waals surface area contributed by atoms with E-state index in [0.717, 1.165) is 38.4 Å². The summed E-state index contributed by atoms with van der Waals surface area (Å²) in [5, 5.41) is 5.79. The number of aryl methyl sites for hydroxylation is 1. The van der Waals surface area contributed by atoms with Crippen LogP contribution < -0.4 is 18.8 Å². The SMILES string of the molecule is COc1cc2ccc3c4cc(OC)c(SC)cc4c[n+](C)c3c2cc1OC.CS(=O)(=O)[O-]. The number of nitrogens with zero attached hydrogens (tertiary/aromatic N) is 1. The van der Waals surface area contributed by atoms with E-state index in [9.17, 15) is 0 Å². The largest absolute Gasteiger partial charge is 0.748 e. The van der Waals surface area contributed by atoms with Gasteiger partial charge in [-0.1, -0.05) is 6.07 Å². The highest BCUT2D eigenvalue weighted by Gasteiger charge is 2.18. The van der Waals surface area contributed by atoms with Crippen LogP contribution >= 0.6 is 11.8 Å². The van der Waals surface area contributed by atoms with Crippen molar-refractivity contribution >= 4 is 54.3 Å². The first-order valence-corrected chi connectivity index (χ1v) is 12.6. The van der Waals surface area contributed by atoms with Gasteiger partial charge in [0.1, 0.15) is 12.8 Å². The summed E-state index contributed by atoms with van der Waals surface area (Å²) in [6, 6.07) is 12.7. The topological polar surface area (TPSA) is 88.8 Å². The standard InChI is InChI=1S/C22H22NO3S.CH4O3S/c1-23-12-14-9-21(27-5)20(26-4)10-16(14)15-7-6-13-8-18(24-2)19(25-3)11-17(13)22(15)23;1-5(2,3)4/h6-12H,1-5H3;1H3,(H,2,3,4)/q+1;/p-1. The summed E-state index contributed by atoms with van der Waals surface area (Å²) in [6.45, 7) is 0. The molecule has 4 aromatic rings. The fraction of sp³-hybridized carbons (Fsp3) is 0.261. The Morgan fingerprint density at radius 3 is 1.97 bits per heavy atom. The van der Waals surface area contributed by atoms with Crippen LogP contribution in [0.25, 0.3) is 32.4 Å². The minimum atomic E-state index is -3.92.